The summed E-state index contributed by atoms with van der Waals surface area (Å²) >= 11 is 0. The Morgan fingerprint density at radius 1 is 1.00 bits per heavy atom. The van der Waals surface area contributed by atoms with Crippen molar-refractivity contribution in [1.82, 2.24) is 0 Å². The number of carbonyl (C=O) groups excluding carboxylic acids is 1. The molecule has 1 atom stereocenters. The topological polar surface area (TPSA) is 41.1 Å². The van der Waals surface area contributed by atoms with Crippen LogP contribution in [0.3, 0.4) is 0 Å². The fraction of sp³-hybridized carbons (Fsp3) is 0.188. The Bertz CT molecular complexity index is 580. The molecule has 1 unspecified atom stereocenters. The molecule has 1 amide bonds. The zero-order valence-electron chi connectivity index (χ0n) is 10.6. The molecule has 2 N–H and O–H groups in total. The summed E-state index contributed by atoms with van der Waals surface area (Å²) in [6.45, 7) is 0. The van der Waals surface area contributed by atoms with Gasteiger partial charge in [0.05, 0.1) is 0 Å². The summed E-state index contributed by atoms with van der Waals surface area (Å²) in [5.41, 5.74) is 3.12. The quantitative estimate of drug-likeness (QED) is 0.862. The summed E-state index contributed by atoms with van der Waals surface area (Å²) in [4.78, 5) is 12.2. The maximum Gasteiger partial charge on any atom is 0.246 e. The van der Waals surface area contributed by atoms with Crippen molar-refractivity contribution in [3.63, 3.8) is 0 Å². The Labute approximate surface area is 112 Å². The minimum Gasteiger partial charge on any atom is -0.374 e. The highest BCUT2D eigenvalue weighted by atomic mass is 16.2. The first-order chi connectivity index (χ1) is 9.33. The van der Waals surface area contributed by atoms with Crippen LogP contribution in [0.2, 0.25) is 0 Å². The molecule has 3 rings (SSSR count). The van der Waals surface area contributed by atoms with Gasteiger partial charge >= 0.3 is 0 Å². The van der Waals surface area contributed by atoms with E-state index in [0.717, 1.165) is 24.2 Å². The fourth-order valence-electron chi connectivity index (χ4n) is 2.38. The molecular weight excluding hydrogens is 236 g/mol. The number of hydrogen-bond acceptors (Lipinski definition) is 2. The van der Waals surface area contributed by atoms with E-state index < -0.39 is 0 Å². The van der Waals surface area contributed by atoms with Crippen LogP contribution in [0.25, 0.3) is 0 Å². The van der Waals surface area contributed by atoms with Gasteiger partial charge in [0.25, 0.3) is 0 Å². The molecule has 1 heterocycles. The molecule has 3 nitrogen and oxygen atoms in total. The van der Waals surface area contributed by atoms with E-state index >= 15 is 0 Å². The fourth-order valence-corrected chi connectivity index (χ4v) is 2.38. The van der Waals surface area contributed by atoms with E-state index in [9.17, 15) is 4.79 Å². The third kappa shape index (κ3) is 2.60. The molecular formula is C16H16N2O. The van der Waals surface area contributed by atoms with Gasteiger partial charge in [-0.25, -0.2) is 0 Å². The van der Waals surface area contributed by atoms with Gasteiger partial charge in [-0.2, -0.15) is 0 Å². The van der Waals surface area contributed by atoms with Gasteiger partial charge < -0.3 is 10.6 Å². The Hall–Kier alpha value is -2.29. The number of para-hydroxylation sites is 2. The molecule has 0 aromatic heterocycles. The van der Waals surface area contributed by atoms with Crippen LogP contribution in [0, 0.1) is 0 Å². The second-order valence-corrected chi connectivity index (χ2v) is 4.75. The second-order valence-electron chi connectivity index (χ2n) is 4.75. The average molecular weight is 252 g/mol. The zero-order valence-corrected chi connectivity index (χ0v) is 10.6. The van der Waals surface area contributed by atoms with Crippen LogP contribution in [0.4, 0.5) is 11.4 Å². The smallest absolute Gasteiger partial charge is 0.246 e. The molecule has 1 aliphatic heterocycles. The predicted octanol–water partition coefficient (Wildman–Crippen LogP) is 3.05. The summed E-state index contributed by atoms with van der Waals surface area (Å²) in [6.07, 6.45) is 1.71. The highest BCUT2D eigenvalue weighted by molar-refractivity contribution is 5.97. The summed E-state index contributed by atoms with van der Waals surface area (Å²) in [5, 5.41) is 6.28. The summed E-state index contributed by atoms with van der Waals surface area (Å²) in [7, 11) is 0. The Kier molecular flexibility index (Phi) is 3.19. The standard InChI is InChI=1S/C16H16N2O/c19-16-15(17-13-7-2-1-3-8-13)11-10-12-6-4-5-9-14(12)18-16/h1-9,15,17H,10-11H2,(H,18,19). The van der Waals surface area contributed by atoms with Crippen molar-refractivity contribution in [3.8, 4) is 0 Å². The maximum absolute atomic E-state index is 12.2. The number of carbonyl (C=O) groups is 1. The van der Waals surface area contributed by atoms with Crippen LogP contribution < -0.4 is 10.6 Å². The second kappa shape index (κ2) is 5.14. The van der Waals surface area contributed by atoms with Crippen LogP contribution in [-0.4, -0.2) is 11.9 Å². The lowest BCUT2D eigenvalue weighted by atomic mass is 10.1. The zero-order chi connectivity index (χ0) is 13.1. The lowest BCUT2D eigenvalue weighted by Gasteiger charge is -2.16. The third-order valence-electron chi connectivity index (χ3n) is 3.41. The third-order valence-corrected chi connectivity index (χ3v) is 3.41. The number of rotatable bonds is 2. The highest BCUT2D eigenvalue weighted by Crippen LogP contribution is 2.23. The van der Waals surface area contributed by atoms with E-state index in [1.54, 1.807) is 0 Å². The van der Waals surface area contributed by atoms with Crippen LogP contribution in [0.1, 0.15) is 12.0 Å². The molecule has 2 aromatic carbocycles. The van der Waals surface area contributed by atoms with Gasteiger partial charge in [-0.1, -0.05) is 36.4 Å². The lowest BCUT2D eigenvalue weighted by molar-refractivity contribution is -0.116. The van der Waals surface area contributed by atoms with Gasteiger partial charge in [-0.15, -0.1) is 0 Å². The van der Waals surface area contributed by atoms with Crippen molar-refractivity contribution in [2.24, 2.45) is 0 Å². The molecule has 0 spiro atoms. The van der Waals surface area contributed by atoms with E-state index in [1.165, 1.54) is 5.56 Å². The number of benzene rings is 2. The Morgan fingerprint density at radius 3 is 2.58 bits per heavy atom. The van der Waals surface area contributed by atoms with E-state index in [0.29, 0.717) is 0 Å². The molecule has 0 radical (unpaired) electrons. The van der Waals surface area contributed by atoms with Crippen molar-refractivity contribution in [2.45, 2.75) is 18.9 Å². The molecule has 0 saturated carbocycles. The molecule has 1 aliphatic rings. The largest absolute Gasteiger partial charge is 0.374 e. The molecule has 3 heteroatoms. The first kappa shape index (κ1) is 11.8. The van der Waals surface area contributed by atoms with E-state index in [1.807, 2.05) is 48.5 Å². The highest BCUT2D eigenvalue weighted by Gasteiger charge is 2.22. The average Bonchev–Trinajstić information content (AvgIpc) is 2.60. The summed E-state index contributed by atoms with van der Waals surface area (Å²) < 4.78 is 0. The van der Waals surface area contributed by atoms with E-state index in [4.69, 9.17) is 0 Å². The lowest BCUT2D eigenvalue weighted by Crippen LogP contribution is -2.33. The molecule has 2 aromatic rings. The van der Waals surface area contributed by atoms with E-state index in [-0.39, 0.29) is 11.9 Å². The van der Waals surface area contributed by atoms with Gasteiger partial charge in [0.15, 0.2) is 0 Å². The first-order valence-corrected chi connectivity index (χ1v) is 6.53. The normalized spacial score (nSPS) is 18.1. The van der Waals surface area contributed by atoms with Crippen molar-refractivity contribution >= 4 is 17.3 Å². The van der Waals surface area contributed by atoms with Gasteiger partial charge in [-0.05, 0) is 36.6 Å². The molecule has 0 bridgehead atoms. The first-order valence-electron chi connectivity index (χ1n) is 6.53. The van der Waals surface area contributed by atoms with Gasteiger partial charge in [0.2, 0.25) is 5.91 Å². The summed E-state index contributed by atoms with van der Waals surface area (Å²) in [5.74, 6) is 0.0359. The van der Waals surface area contributed by atoms with Crippen LogP contribution in [0.15, 0.2) is 54.6 Å². The van der Waals surface area contributed by atoms with Gasteiger partial charge in [-0.3, -0.25) is 4.79 Å². The Balaban J connectivity index is 1.78. The van der Waals surface area contributed by atoms with Gasteiger partial charge in [0.1, 0.15) is 6.04 Å². The molecule has 0 saturated heterocycles. The maximum atomic E-state index is 12.2. The monoisotopic (exact) mass is 252 g/mol. The number of nitrogens with one attached hydrogen (secondary N) is 2. The number of anilines is 2. The number of amides is 1. The minimum atomic E-state index is -0.185. The Morgan fingerprint density at radius 2 is 1.74 bits per heavy atom. The number of fused-ring (bicyclic) bond motifs is 1. The van der Waals surface area contributed by atoms with Crippen LogP contribution >= 0.6 is 0 Å². The number of aryl methyl sites for hydroxylation is 1. The van der Waals surface area contributed by atoms with Crippen molar-refractivity contribution < 1.29 is 4.79 Å². The molecule has 0 aliphatic carbocycles. The molecule has 0 fully saturated rings. The van der Waals surface area contributed by atoms with Gasteiger partial charge in [0, 0.05) is 11.4 Å². The van der Waals surface area contributed by atoms with Crippen LogP contribution in [-0.2, 0) is 11.2 Å². The summed E-state index contributed by atoms with van der Waals surface area (Å²) in [6, 6.07) is 17.6. The van der Waals surface area contributed by atoms with Crippen molar-refractivity contribution in [1.29, 1.82) is 0 Å². The van der Waals surface area contributed by atoms with Crippen LogP contribution in [0.5, 0.6) is 0 Å². The molecule has 19 heavy (non-hydrogen) atoms. The predicted molar refractivity (Wildman–Crippen MR) is 77.2 cm³/mol. The van der Waals surface area contributed by atoms with Crippen molar-refractivity contribution in [2.75, 3.05) is 10.6 Å². The van der Waals surface area contributed by atoms with Crippen molar-refractivity contribution in [3.05, 3.63) is 60.2 Å². The van der Waals surface area contributed by atoms with E-state index in [2.05, 4.69) is 16.7 Å². The number of hydrogen-bond donors (Lipinski definition) is 2. The SMILES string of the molecule is O=C1Nc2ccccc2CCC1Nc1ccccc1. The minimum absolute atomic E-state index is 0.0359. The molecule has 96 valence electrons.